The number of aromatic amines is 1. The second kappa shape index (κ2) is 7.05. The minimum Gasteiger partial charge on any atom is -0.508 e. The second-order valence-electron chi connectivity index (χ2n) is 7.10. The van der Waals surface area contributed by atoms with Gasteiger partial charge < -0.3 is 14.6 Å². The molecule has 2 aliphatic rings. The van der Waals surface area contributed by atoms with Crippen LogP contribution in [0.4, 0.5) is 0 Å². The van der Waals surface area contributed by atoms with E-state index in [1.165, 1.54) is 16.7 Å². The van der Waals surface area contributed by atoms with Crippen molar-refractivity contribution in [2.24, 2.45) is 0 Å². The van der Waals surface area contributed by atoms with E-state index in [9.17, 15) is 5.11 Å². The quantitative estimate of drug-likeness (QED) is 0.726. The molecular weight excluding hydrogens is 354 g/mol. The molecule has 6 nitrogen and oxygen atoms in total. The van der Waals surface area contributed by atoms with Crippen LogP contribution in [-0.2, 0) is 6.54 Å². The van der Waals surface area contributed by atoms with Crippen molar-refractivity contribution in [2.45, 2.75) is 13.0 Å². The summed E-state index contributed by atoms with van der Waals surface area (Å²) in [5.74, 6) is 1.86. The van der Waals surface area contributed by atoms with E-state index in [-0.39, 0.29) is 6.79 Å². The van der Waals surface area contributed by atoms with Gasteiger partial charge in [0.15, 0.2) is 11.5 Å². The van der Waals surface area contributed by atoms with Crippen molar-refractivity contribution in [2.75, 3.05) is 19.9 Å². The van der Waals surface area contributed by atoms with Crippen molar-refractivity contribution in [3.05, 3.63) is 65.9 Å². The van der Waals surface area contributed by atoms with Gasteiger partial charge in [0.1, 0.15) is 5.75 Å². The molecule has 0 fully saturated rings. The summed E-state index contributed by atoms with van der Waals surface area (Å²) in [6.45, 7) is 2.98. The Labute approximate surface area is 163 Å². The molecule has 5 rings (SSSR count). The largest absolute Gasteiger partial charge is 0.508 e. The molecule has 0 radical (unpaired) electrons. The maximum atomic E-state index is 9.46. The number of phenolic OH excluding ortho intramolecular Hbond substituents is 1. The molecule has 0 aliphatic carbocycles. The molecule has 6 heteroatoms. The number of aromatic nitrogens is 2. The van der Waals surface area contributed by atoms with E-state index >= 15 is 0 Å². The first-order chi connectivity index (χ1) is 13.8. The number of hydrogen-bond acceptors (Lipinski definition) is 5. The predicted molar refractivity (Wildman–Crippen MR) is 106 cm³/mol. The van der Waals surface area contributed by atoms with Crippen LogP contribution in [0.1, 0.15) is 17.5 Å². The summed E-state index contributed by atoms with van der Waals surface area (Å²) in [4.78, 5) is 2.41. The zero-order chi connectivity index (χ0) is 18.9. The van der Waals surface area contributed by atoms with Crippen LogP contribution in [0.5, 0.6) is 17.2 Å². The number of rotatable bonds is 4. The third kappa shape index (κ3) is 3.23. The van der Waals surface area contributed by atoms with Crippen LogP contribution in [0.15, 0.2) is 54.7 Å². The average Bonchev–Trinajstić information content (AvgIpc) is 3.38. The van der Waals surface area contributed by atoms with Crippen LogP contribution in [0.2, 0.25) is 0 Å². The summed E-state index contributed by atoms with van der Waals surface area (Å²) in [6, 6.07) is 13.4. The molecule has 2 aromatic carbocycles. The Balaban J connectivity index is 1.30. The zero-order valence-corrected chi connectivity index (χ0v) is 15.4. The molecule has 2 aliphatic heterocycles. The van der Waals surface area contributed by atoms with Crippen molar-refractivity contribution >= 4 is 5.57 Å². The Morgan fingerprint density at radius 1 is 1.04 bits per heavy atom. The van der Waals surface area contributed by atoms with Gasteiger partial charge in [0.05, 0.1) is 11.9 Å². The van der Waals surface area contributed by atoms with E-state index < -0.39 is 0 Å². The Morgan fingerprint density at radius 3 is 2.68 bits per heavy atom. The fourth-order valence-electron chi connectivity index (χ4n) is 3.77. The molecule has 2 N–H and O–H groups in total. The maximum Gasteiger partial charge on any atom is 0.231 e. The first-order valence-corrected chi connectivity index (χ1v) is 9.39. The van der Waals surface area contributed by atoms with Gasteiger partial charge in [0, 0.05) is 30.8 Å². The molecule has 0 saturated carbocycles. The smallest absolute Gasteiger partial charge is 0.231 e. The Bertz CT molecular complexity index is 1020. The molecular formula is C22H21N3O3. The minimum absolute atomic E-state index is 0.276. The van der Waals surface area contributed by atoms with Crippen molar-refractivity contribution in [3.63, 3.8) is 0 Å². The van der Waals surface area contributed by atoms with Gasteiger partial charge in [0.25, 0.3) is 0 Å². The Morgan fingerprint density at radius 2 is 1.86 bits per heavy atom. The fraction of sp³-hybridized carbons (Fsp3) is 0.227. The van der Waals surface area contributed by atoms with E-state index in [1.54, 1.807) is 12.1 Å². The summed E-state index contributed by atoms with van der Waals surface area (Å²) in [5, 5.41) is 16.9. The van der Waals surface area contributed by atoms with Crippen molar-refractivity contribution < 1.29 is 14.6 Å². The molecule has 3 aromatic rings. The summed E-state index contributed by atoms with van der Waals surface area (Å²) < 4.78 is 10.9. The zero-order valence-electron chi connectivity index (χ0n) is 15.4. The standard InChI is InChI=1S/C22H21N3O3/c26-19-4-1-15(2-5-19)16-7-9-25(10-8-16)13-18-12-23-24-22(18)17-3-6-20-21(11-17)28-14-27-20/h1-7,11-12,26H,8-10,13-14H2,(H,23,24). The number of nitrogens with one attached hydrogen (secondary N) is 1. The first kappa shape index (κ1) is 16.9. The van der Waals surface area contributed by atoms with E-state index in [2.05, 4.69) is 21.2 Å². The molecule has 142 valence electrons. The van der Waals surface area contributed by atoms with E-state index in [0.717, 1.165) is 48.8 Å². The molecule has 0 atom stereocenters. The third-order valence-electron chi connectivity index (χ3n) is 5.30. The highest BCUT2D eigenvalue weighted by atomic mass is 16.7. The number of phenols is 1. The summed E-state index contributed by atoms with van der Waals surface area (Å²) in [6.07, 6.45) is 5.16. The van der Waals surface area contributed by atoms with Crippen LogP contribution in [0.3, 0.4) is 0 Å². The lowest BCUT2D eigenvalue weighted by Gasteiger charge is -2.26. The van der Waals surface area contributed by atoms with Gasteiger partial charge in [-0.2, -0.15) is 5.10 Å². The molecule has 0 bridgehead atoms. The van der Waals surface area contributed by atoms with Crippen molar-refractivity contribution in [1.82, 2.24) is 15.1 Å². The minimum atomic E-state index is 0.276. The normalized spacial score (nSPS) is 16.2. The van der Waals surface area contributed by atoms with Gasteiger partial charge in [-0.1, -0.05) is 18.2 Å². The molecule has 1 aromatic heterocycles. The number of benzene rings is 2. The van der Waals surface area contributed by atoms with Gasteiger partial charge in [-0.05, 0) is 47.9 Å². The number of fused-ring (bicyclic) bond motifs is 1. The Kier molecular flexibility index (Phi) is 4.25. The molecule has 3 heterocycles. The lowest BCUT2D eigenvalue weighted by Crippen LogP contribution is -2.28. The first-order valence-electron chi connectivity index (χ1n) is 9.39. The van der Waals surface area contributed by atoms with Crippen molar-refractivity contribution in [3.8, 4) is 28.5 Å². The molecule has 0 spiro atoms. The lowest BCUT2D eigenvalue weighted by molar-refractivity contribution is 0.174. The monoisotopic (exact) mass is 375 g/mol. The van der Waals surface area contributed by atoms with E-state index in [1.807, 2.05) is 36.5 Å². The highest BCUT2D eigenvalue weighted by Crippen LogP contribution is 2.36. The molecule has 0 saturated heterocycles. The molecule has 0 amide bonds. The third-order valence-corrected chi connectivity index (χ3v) is 5.30. The highest BCUT2D eigenvalue weighted by molar-refractivity contribution is 5.68. The van der Waals surface area contributed by atoms with E-state index in [4.69, 9.17) is 9.47 Å². The van der Waals surface area contributed by atoms with Gasteiger partial charge in [-0.3, -0.25) is 10.00 Å². The number of aromatic hydroxyl groups is 1. The average molecular weight is 375 g/mol. The van der Waals surface area contributed by atoms with Gasteiger partial charge >= 0.3 is 0 Å². The van der Waals surface area contributed by atoms with Crippen LogP contribution in [0.25, 0.3) is 16.8 Å². The Hall–Kier alpha value is -3.25. The lowest BCUT2D eigenvalue weighted by atomic mass is 9.99. The number of nitrogens with zero attached hydrogens (tertiary/aromatic N) is 2. The molecule has 0 unspecified atom stereocenters. The van der Waals surface area contributed by atoms with Crippen LogP contribution in [0, 0.1) is 0 Å². The number of ether oxygens (including phenoxy) is 2. The summed E-state index contributed by atoms with van der Waals surface area (Å²) in [5.41, 5.74) is 5.75. The molecule has 28 heavy (non-hydrogen) atoms. The SMILES string of the molecule is Oc1ccc(C2=CCN(Cc3cn[nH]c3-c3ccc4c(c3)OCO4)CC2)cc1. The predicted octanol–water partition coefficient (Wildman–Crippen LogP) is 3.80. The van der Waals surface area contributed by atoms with Crippen molar-refractivity contribution in [1.29, 1.82) is 0 Å². The number of H-pyrrole nitrogens is 1. The highest BCUT2D eigenvalue weighted by Gasteiger charge is 2.19. The van der Waals surface area contributed by atoms with Crippen LogP contribution >= 0.6 is 0 Å². The summed E-state index contributed by atoms with van der Waals surface area (Å²) in [7, 11) is 0. The van der Waals surface area contributed by atoms with Crippen LogP contribution in [-0.4, -0.2) is 40.1 Å². The maximum absolute atomic E-state index is 9.46. The van der Waals surface area contributed by atoms with Gasteiger partial charge in [0.2, 0.25) is 6.79 Å². The fourth-order valence-corrected chi connectivity index (χ4v) is 3.77. The van der Waals surface area contributed by atoms with Gasteiger partial charge in [-0.15, -0.1) is 0 Å². The van der Waals surface area contributed by atoms with Gasteiger partial charge in [-0.25, -0.2) is 0 Å². The summed E-state index contributed by atoms with van der Waals surface area (Å²) >= 11 is 0. The van der Waals surface area contributed by atoms with Crippen LogP contribution < -0.4 is 9.47 Å². The topological polar surface area (TPSA) is 70.6 Å². The number of hydrogen-bond donors (Lipinski definition) is 2. The second-order valence-corrected chi connectivity index (χ2v) is 7.10. The van der Waals surface area contributed by atoms with E-state index in [0.29, 0.717) is 5.75 Å².